The van der Waals surface area contributed by atoms with Crippen molar-refractivity contribution in [2.75, 3.05) is 6.61 Å². The predicted molar refractivity (Wildman–Crippen MR) is 53.8 cm³/mol. The second-order valence-electron chi connectivity index (χ2n) is 2.97. The van der Waals surface area contributed by atoms with Crippen LogP contribution in [0.2, 0.25) is 0 Å². The highest BCUT2D eigenvalue weighted by Crippen LogP contribution is 2.28. The molecule has 0 radical (unpaired) electrons. The molecule has 1 unspecified atom stereocenters. The van der Waals surface area contributed by atoms with E-state index < -0.39 is 0 Å². The average molecular weight is 278 g/mol. The fourth-order valence-corrected chi connectivity index (χ4v) is 2.08. The first-order valence-corrected chi connectivity index (χ1v) is 5.26. The highest BCUT2D eigenvalue weighted by molar-refractivity contribution is 14.1. The van der Waals surface area contributed by atoms with Crippen LogP contribution in [-0.4, -0.2) is 16.8 Å². The van der Waals surface area contributed by atoms with Gasteiger partial charge in [0, 0.05) is 12.8 Å². The molecule has 1 fully saturated rings. The Morgan fingerprint density at radius 3 is 3.08 bits per heavy atom. The standard InChI is InChI=1S/C8H11IN2O/c9-6-5-10-11-8(6)7-3-1-2-4-12-7/h5,7H,1-4H2,(H,10,11). The molecule has 4 heteroatoms. The van der Waals surface area contributed by atoms with Crippen LogP contribution < -0.4 is 0 Å². The Morgan fingerprint density at radius 2 is 2.50 bits per heavy atom. The van der Waals surface area contributed by atoms with Crippen LogP contribution in [0.25, 0.3) is 0 Å². The zero-order valence-electron chi connectivity index (χ0n) is 6.72. The number of ether oxygens (including phenoxy) is 1. The summed E-state index contributed by atoms with van der Waals surface area (Å²) in [5, 5.41) is 7.04. The van der Waals surface area contributed by atoms with Gasteiger partial charge < -0.3 is 4.74 Å². The van der Waals surface area contributed by atoms with Crippen molar-refractivity contribution in [1.82, 2.24) is 10.2 Å². The zero-order chi connectivity index (χ0) is 8.39. The van der Waals surface area contributed by atoms with Crippen LogP contribution in [0.15, 0.2) is 6.20 Å². The summed E-state index contributed by atoms with van der Waals surface area (Å²) in [5.74, 6) is 0. The number of halogens is 1. The molecule has 0 aromatic carbocycles. The number of hydrogen-bond acceptors (Lipinski definition) is 2. The number of aromatic amines is 1. The quantitative estimate of drug-likeness (QED) is 0.800. The minimum atomic E-state index is 0.233. The van der Waals surface area contributed by atoms with Gasteiger partial charge in [-0.05, 0) is 41.9 Å². The summed E-state index contributed by atoms with van der Waals surface area (Å²) in [6, 6.07) is 0. The Labute approximate surface area is 85.0 Å². The summed E-state index contributed by atoms with van der Waals surface area (Å²) in [4.78, 5) is 0. The molecule has 1 aromatic heterocycles. The lowest BCUT2D eigenvalue weighted by molar-refractivity contribution is 0.0118. The molecule has 1 aliphatic heterocycles. The highest BCUT2D eigenvalue weighted by Gasteiger charge is 2.20. The van der Waals surface area contributed by atoms with Crippen LogP contribution in [0, 0.1) is 3.57 Å². The van der Waals surface area contributed by atoms with Crippen molar-refractivity contribution in [2.45, 2.75) is 25.4 Å². The fraction of sp³-hybridized carbons (Fsp3) is 0.625. The first-order valence-electron chi connectivity index (χ1n) is 4.18. The Bertz CT molecular complexity index is 255. The first kappa shape index (κ1) is 8.50. The number of nitrogens with zero attached hydrogens (tertiary/aromatic N) is 1. The van der Waals surface area contributed by atoms with Gasteiger partial charge in [0.2, 0.25) is 0 Å². The fourth-order valence-electron chi connectivity index (χ4n) is 1.47. The van der Waals surface area contributed by atoms with E-state index in [0.29, 0.717) is 0 Å². The van der Waals surface area contributed by atoms with E-state index in [0.717, 1.165) is 18.7 Å². The van der Waals surface area contributed by atoms with E-state index >= 15 is 0 Å². The molecular formula is C8H11IN2O. The maximum atomic E-state index is 5.62. The van der Waals surface area contributed by atoms with Gasteiger partial charge in [-0.2, -0.15) is 5.10 Å². The topological polar surface area (TPSA) is 37.9 Å². The normalized spacial score (nSPS) is 24.2. The number of hydrogen-bond donors (Lipinski definition) is 1. The van der Waals surface area contributed by atoms with Crippen molar-refractivity contribution in [3.63, 3.8) is 0 Å². The van der Waals surface area contributed by atoms with Gasteiger partial charge in [-0.1, -0.05) is 0 Å². The summed E-state index contributed by atoms with van der Waals surface area (Å²) in [7, 11) is 0. The predicted octanol–water partition coefficient (Wildman–Crippen LogP) is 2.26. The van der Waals surface area contributed by atoms with E-state index in [4.69, 9.17) is 4.74 Å². The maximum absolute atomic E-state index is 5.62. The van der Waals surface area contributed by atoms with Crippen LogP contribution in [0.1, 0.15) is 31.1 Å². The molecule has 0 saturated carbocycles. The average Bonchev–Trinajstić information content (AvgIpc) is 2.53. The van der Waals surface area contributed by atoms with Crippen molar-refractivity contribution in [1.29, 1.82) is 0 Å². The van der Waals surface area contributed by atoms with E-state index in [1.54, 1.807) is 0 Å². The maximum Gasteiger partial charge on any atom is 0.104 e. The second-order valence-corrected chi connectivity index (χ2v) is 4.14. The molecule has 12 heavy (non-hydrogen) atoms. The van der Waals surface area contributed by atoms with Crippen LogP contribution in [0.5, 0.6) is 0 Å². The molecule has 0 spiro atoms. The van der Waals surface area contributed by atoms with Crippen LogP contribution in [0.4, 0.5) is 0 Å². The molecule has 66 valence electrons. The lowest BCUT2D eigenvalue weighted by atomic mass is 10.1. The van der Waals surface area contributed by atoms with Crippen LogP contribution in [0.3, 0.4) is 0 Å². The summed E-state index contributed by atoms with van der Waals surface area (Å²) < 4.78 is 6.80. The molecule has 1 N–H and O–H groups in total. The van der Waals surface area contributed by atoms with Crippen molar-refractivity contribution < 1.29 is 4.74 Å². The van der Waals surface area contributed by atoms with E-state index in [9.17, 15) is 0 Å². The third kappa shape index (κ3) is 1.64. The van der Waals surface area contributed by atoms with E-state index in [1.165, 1.54) is 16.4 Å². The second kappa shape index (κ2) is 3.74. The SMILES string of the molecule is Ic1c[nH]nc1C1CCCCO1. The smallest absolute Gasteiger partial charge is 0.104 e. The Balaban J connectivity index is 2.13. The molecular weight excluding hydrogens is 267 g/mol. The van der Waals surface area contributed by atoms with E-state index in [-0.39, 0.29) is 6.10 Å². The third-order valence-electron chi connectivity index (χ3n) is 2.11. The van der Waals surface area contributed by atoms with Gasteiger partial charge in [0.15, 0.2) is 0 Å². The molecule has 2 rings (SSSR count). The molecule has 1 aromatic rings. The van der Waals surface area contributed by atoms with Crippen LogP contribution in [-0.2, 0) is 4.74 Å². The van der Waals surface area contributed by atoms with Gasteiger partial charge in [-0.3, -0.25) is 5.10 Å². The van der Waals surface area contributed by atoms with Crippen LogP contribution >= 0.6 is 22.6 Å². The Hall–Kier alpha value is -0.100. The van der Waals surface area contributed by atoms with Gasteiger partial charge in [0.25, 0.3) is 0 Å². The number of rotatable bonds is 1. The minimum absolute atomic E-state index is 0.233. The van der Waals surface area contributed by atoms with Gasteiger partial charge in [0.05, 0.1) is 3.57 Å². The largest absolute Gasteiger partial charge is 0.372 e. The van der Waals surface area contributed by atoms with Gasteiger partial charge in [-0.25, -0.2) is 0 Å². The van der Waals surface area contributed by atoms with Crippen molar-refractivity contribution >= 4 is 22.6 Å². The molecule has 1 aliphatic rings. The molecule has 3 nitrogen and oxygen atoms in total. The molecule has 0 aliphatic carbocycles. The third-order valence-corrected chi connectivity index (χ3v) is 2.97. The molecule has 0 bridgehead atoms. The molecule has 0 amide bonds. The lowest BCUT2D eigenvalue weighted by Gasteiger charge is -2.20. The first-order chi connectivity index (χ1) is 5.88. The minimum Gasteiger partial charge on any atom is -0.372 e. The molecule has 1 saturated heterocycles. The molecule has 1 atom stereocenters. The van der Waals surface area contributed by atoms with E-state index in [2.05, 4.69) is 32.8 Å². The summed E-state index contributed by atoms with van der Waals surface area (Å²) in [6.07, 6.45) is 5.71. The Kier molecular flexibility index (Phi) is 2.65. The van der Waals surface area contributed by atoms with Gasteiger partial charge in [0.1, 0.15) is 11.8 Å². The summed E-state index contributed by atoms with van der Waals surface area (Å²) in [5.41, 5.74) is 1.08. The zero-order valence-corrected chi connectivity index (χ0v) is 8.87. The van der Waals surface area contributed by atoms with Crippen molar-refractivity contribution in [2.24, 2.45) is 0 Å². The van der Waals surface area contributed by atoms with Crippen molar-refractivity contribution in [3.05, 3.63) is 15.5 Å². The van der Waals surface area contributed by atoms with Crippen molar-refractivity contribution in [3.8, 4) is 0 Å². The number of aromatic nitrogens is 2. The van der Waals surface area contributed by atoms with E-state index in [1.807, 2.05) is 6.20 Å². The monoisotopic (exact) mass is 278 g/mol. The lowest BCUT2D eigenvalue weighted by Crippen LogP contribution is -2.12. The number of H-pyrrole nitrogens is 1. The van der Waals surface area contributed by atoms with Gasteiger partial charge in [-0.15, -0.1) is 0 Å². The van der Waals surface area contributed by atoms with Gasteiger partial charge >= 0.3 is 0 Å². The molecule has 2 heterocycles. The highest BCUT2D eigenvalue weighted by atomic mass is 127. The Morgan fingerprint density at radius 1 is 1.58 bits per heavy atom. The summed E-state index contributed by atoms with van der Waals surface area (Å²) >= 11 is 2.28. The summed E-state index contributed by atoms with van der Waals surface area (Å²) in [6.45, 7) is 0.883. The number of nitrogens with one attached hydrogen (secondary N) is 1.